The van der Waals surface area contributed by atoms with Crippen molar-refractivity contribution in [1.82, 2.24) is 0 Å². The van der Waals surface area contributed by atoms with Crippen molar-refractivity contribution in [2.75, 3.05) is 0 Å². The van der Waals surface area contributed by atoms with Crippen molar-refractivity contribution in [3.05, 3.63) is 28.8 Å². The number of hydrogen-bond donors (Lipinski definition) is 0. The summed E-state index contributed by atoms with van der Waals surface area (Å²) in [5, 5.41) is 0. The Bertz CT molecular complexity index is 829. The van der Waals surface area contributed by atoms with Gasteiger partial charge in [0.2, 0.25) is 0 Å². The summed E-state index contributed by atoms with van der Waals surface area (Å²) >= 11 is 0. The fraction of sp³-hybridized carbons (Fsp3) is 0.609. The topological polar surface area (TPSA) is 69.7 Å². The Morgan fingerprint density at radius 2 is 1.89 bits per heavy atom. The third-order valence-corrected chi connectivity index (χ3v) is 7.46. The maximum absolute atomic E-state index is 11.6. The van der Waals surface area contributed by atoms with Crippen LogP contribution < -0.4 is 4.74 Å². The quantitative estimate of drug-likeness (QED) is 0.443. The molecule has 5 nitrogen and oxygen atoms in total. The highest BCUT2D eigenvalue weighted by Crippen LogP contribution is 2.61. The van der Waals surface area contributed by atoms with Crippen LogP contribution in [0, 0.1) is 17.3 Å². The lowest BCUT2D eigenvalue weighted by Gasteiger charge is -2.50. The predicted molar refractivity (Wildman–Crippen MR) is 103 cm³/mol. The van der Waals surface area contributed by atoms with Crippen LogP contribution in [-0.2, 0) is 20.7 Å². The van der Waals surface area contributed by atoms with E-state index < -0.39 is 5.97 Å². The Kier molecular flexibility index (Phi) is 4.80. The molecular formula is C23H28O5. The predicted octanol–water partition coefficient (Wildman–Crippen LogP) is 4.21. The molecule has 0 heterocycles. The highest BCUT2D eigenvalue weighted by atomic mass is 16.5. The van der Waals surface area contributed by atoms with Gasteiger partial charge in [-0.3, -0.25) is 14.4 Å². The third-order valence-electron chi connectivity index (χ3n) is 7.46. The van der Waals surface area contributed by atoms with Crippen LogP contribution >= 0.6 is 0 Å². The van der Waals surface area contributed by atoms with Crippen molar-refractivity contribution in [3.8, 4) is 5.75 Å². The van der Waals surface area contributed by atoms with Crippen molar-refractivity contribution in [1.29, 1.82) is 0 Å². The molecule has 2 fully saturated rings. The first-order valence-corrected chi connectivity index (χ1v) is 10.3. The molecule has 0 aromatic heterocycles. The molecule has 1 aromatic carbocycles. The van der Waals surface area contributed by atoms with Gasteiger partial charge in [-0.15, -0.1) is 0 Å². The average molecular weight is 384 g/mol. The second kappa shape index (κ2) is 7.02. The van der Waals surface area contributed by atoms with Gasteiger partial charge in [0, 0.05) is 19.3 Å². The fourth-order valence-corrected chi connectivity index (χ4v) is 6.30. The minimum Gasteiger partial charge on any atom is -0.462 e. The molecule has 28 heavy (non-hydrogen) atoms. The molecule has 0 radical (unpaired) electrons. The summed E-state index contributed by atoms with van der Waals surface area (Å²) in [7, 11) is 0. The van der Waals surface area contributed by atoms with Crippen molar-refractivity contribution >= 4 is 18.2 Å². The van der Waals surface area contributed by atoms with Gasteiger partial charge in [0.25, 0.3) is 0 Å². The van der Waals surface area contributed by atoms with E-state index in [0.29, 0.717) is 29.1 Å². The van der Waals surface area contributed by atoms with E-state index >= 15 is 0 Å². The molecule has 3 unspecified atom stereocenters. The number of fused-ring (bicyclic) bond motifs is 5. The zero-order valence-corrected chi connectivity index (χ0v) is 16.8. The zero-order valence-electron chi connectivity index (χ0n) is 16.8. The first-order chi connectivity index (χ1) is 13.3. The third kappa shape index (κ3) is 3.05. The maximum atomic E-state index is 11.6. The van der Waals surface area contributed by atoms with Crippen LogP contribution in [0.2, 0.25) is 0 Å². The standard InChI is InChI=1S/C23H28O5/c1-13(25)27-21-11-15-4-5-18-17(19(15)10-16(21)12-24)8-9-23(3)20(18)6-7-22(23)28-14(2)26/h10-12,17-18,20,22H,4-9H2,1-3H3/t17?,18?,20?,22-,23-/m0/s1. The van der Waals surface area contributed by atoms with Crippen LogP contribution in [0.4, 0.5) is 0 Å². The molecule has 0 spiro atoms. The summed E-state index contributed by atoms with van der Waals surface area (Å²) in [5.41, 5.74) is 2.94. The molecule has 4 rings (SSSR count). The second-order valence-electron chi connectivity index (χ2n) is 8.94. The van der Waals surface area contributed by atoms with Crippen LogP contribution in [0.25, 0.3) is 0 Å². The highest BCUT2D eigenvalue weighted by molar-refractivity contribution is 5.82. The minimum atomic E-state index is -0.410. The number of rotatable bonds is 3. The van der Waals surface area contributed by atoms with E-state index in [-0.39, 0.29) is 17.5 Å². The van der Waals surface area contributed by atoms with Gasteiger partial charge in [-0.2, -0.15) is 0 Å². The summed E-state index contributed by atoms with van der Waals surface area (Å²) in [6.45, 7) is 5.15. The summed E-state index contributed by atoms with van der Waals surface area (Å²) in [4.78, 5) is 34.5. The number of hydrogen-bond acceptors (Lipinski definition) is 5. The molecule has 5 atom stereocenters. The van der Waals surface area contributed by atoms with Crippen molar-refractivity contribution < 1.29 is 23.9 Å². The fourth-order valence-electron chi connectivity index (χ4n) is 6.30. The molecule has 2 saturated carbocycles. The van der Waals surface area contributed by atoms with Gasteiger partial charge in [-0.05, 0) is 79.5 Å². The SMILES string of the molecule is CC(=O)Oc1cc2c(cc1C=O)C1CC[C@@]3(C)C(CC[C@@H]3OC(C)=O)C1CC2. The average Bonchev–Trinajstić information content (AvgIpc) is 2.96. The van der Waals surface area contributed by atoms with Crippen LogP contribution in [0.1, 0.15) is 80.3 Å². The minimum absolute atomic E-state index is 0.0224. The lowest BCUT2D eigenvalue weighted by atomic mass is 9.55. The van der Waals surface area contributed by atoms with Gasteiger partial charge in [0.05, 0.1) is 5.56 Å². The first-order valence-electron chi connectivity index (χ1n) is 10.3. The van der Waals surface area contributed by atoms with Gasteiger partial charge in [0.1, 0.15) is 11.9 Å². The van der Waals surface area contributed by atoms with Crippen molar-refractivity contribution in [2.45, 2.75) is 71.3 Å². The Morgan fingerprint density at radius 1 is 1.11 bits per heavy atom. The Labute approximate surface area is 165 Å². The lowest BCUT2D eigenvalue weighted by molar-refractivity contribution is -0.154. The summed E-state index contributed by atoms with van der Waals surface area (Å²) in [6.07, 6.45) is 6.92. The molecule has 3 aliphatic carbocycles. The molecule has 0 N–H and O–H groups in total. The van der Waals surface area contributed by atoms with Crippen LogP contribution in [-0.4, -0.2) is 24.3 Å². The molecule has 3 aliphatic rings. The van der Waals surface area contributed by atoms with Crippen LogP contribution in [0.3, 0.4) is 0 Å². The Balaban J connectivity index is 1.65. The zero-order chi connectivity index (χ0) is 20.1. The Hall–Kier alpha value is -2.17. The number of carbonyl (C=O) groups is 3. The maximum Gasteiger partial charge on any atom is 0.308 e. The van der Waals surface area contributed by atoms with E-state index in [9.17, 15) is 14.4 Å². The van der Waals surface area contributed by atoms with Gasteiger partial charge in [0.15, 0.2) is 6.29 Å². The molecule has 0 amide bonds. The summed E-state index contributed by atoms with van der Waals surface area (Å²) in [6, 6.07) is 3.83. The van der Waals surface area contributed by atoms with Crippen molar-refractivity contribution in [2.24, 2.45) is 17.3 Å². The number of benzene rings is 1. The largest absolute Gasteiger partial charge is 0.462 e. The van der Waals surface area contributed by atoms with E-state index in [0.717, 1.165) is 44.8 Å². The molecule has 1 aromatic rings. The van der Waals surface area contributed by atoms with Crippen LogP contribution in [0.5, 0.6) is 5.75 Å². The van der Waals surface area contributed by atoms with Gasteiger partial charge >= 0.3 is 11.9 Å². The number of aryl methyl sites for hydroxylation is 1. The number of ether oxygens (including phenoxy) is 2. The lowest BCUT2D eigenvalue weighted by Crippen LogP contribution is -2.45. The smallest absolute Gasteiger partial charge is 0.308 e. The van der Waals surface area contributed by atoms with E-state index in [4.69, 9.17) is 9.47 Å². The summed E-state index contributed by atoms with van der Waals surface area (Å²) in [5.74, 6) is 1.28. The molecule has 150 valence electrons. The monoisotopic (exact) mass is 384 g/mol. The molecular weight excluding hydrogens is 356 g/mol. The van der Waals surface area contributed by atoms with E-state index in [1.54, 1.807) is 0 Å². The number of esters is 2. The van der Waals surface area contributed by atoms with Gasteiger partial charge in [-0.1, -0.05) is 6.92 Å². The van der Waals surface area contributed by atoms with Gasteiger partial charge in [-0.25, -0.2) is 0 Å². The number of aldehydes is 1. The van der Waals surface area contributed by atoms with Crippen LogP contribution in [0.15, 0.2) is 12.1 Å². The van der Waals surface area contributed by atoms with Crippen molar-refractivity contribution in [3.63, 3.8) is 0 Å². The van der Waals surface area contributed by atoms with E-state index in [2.05, 4.69) is 6.92 Å². The molecule has 0 saturated heterocycles. The molecule has 0 aliphatic heterocycles. The van der Waals surface area contributed by atoms with Gasteiger partial charge < -0.3 is 9.47 Å². The highest BCUT2D eigenvalue weighted by Gasteiger charge is 2.56. The van der Waals surface area contributed by atoms with E-state index in [1.807, 2.05) is 12.1 Å². The second-order valence-corrected chi connectivity index (χ2v) is 8.94. The first kappa shape index (κ1) is 19.2. The molecule has 0 bridgehead atoms. The Morgan fingerprint density at radius 3 is 2.57 bits per heavy atom. The number of carbonyl (C=O) groups excluding carboxylic acids is 3. The van der Waals surface area contributed by atoms with E-state index in [1.165, 1.54) is 25.0 Å². The summed E-state index contributed by atoms with van der Waals surface area (Å²) < 4.78 is 10.9. The molecule has 5 heteroatoms. The normalized spacial score (nSPS) is 33.2.